The standard InChI is InChI=1S/C18H19NO2/c1-2-20-13-14-21-12-11-19-17-9-5-3-7-15(17)16-8-4-6-10-18(16)19/h2-10H,1,11-14H2. The molecule has 1 aromatic heterocycles. The Labute approximate surface area is 124 Å². The zero-order valence-electron chi connectivity index (χ0n) is 12.0. The van der Waals surface area contributed by atoms with Crippen LogP contribution in [0.1, 0.15) is 0 Å². The van der Waals surface area contributed by atoms with Gasteiger partial charge in [0.2, 0.25) is 0 Å². The molecule has 3 nitrogen and oxygen atoms in total. The second kappa shape index (κ2) is 6.46. The minimum Gasteiger partial charge on any atom is -0.499 e. The number of fused-ring (bicyclic) bond motifs is 3. The van der Waals surface area contributed by atoms with Gasteiger partial charge in [-0.3, -0.25) is 0 Å². The van der Waals surface area contributed by atoms with Crippen LogP contribution in [0.25, 0.3) is 21.8 Å². The van der Waals surface area contributed by atoms with E-state index in [0.717, 1.165) is 6.54 Å². The van der Waals surface area contributed by atoms with Crippen molar-refractivity contribution in [2.75, 3.05) is 19.8 Å². The van der Waals surface area contributed by atoms with E-state index in [2.05, 4.69) is 59.7 Å². The molecule has 0 amide bonds. The first-order valence-electron chi connectivity index (χ1n) is 7.18. The van der Waals surface area contributed by atoms with Crippen LogP contribution in [-0.4, -0.2) is 24.4 Å². The number of hydrogen-bond acceptors (Lipinski definition) is 2. The summed E-state index contributed by atoms with van der Waals surface area (Å²) in [5, 5.41) is 2.59. The Morgan fingerprint density at radius 1 is 0.857 bits per heavy atom. The van der Waals surface area contributed by atoms with Crippen molar-refractivity contribution < 1.29 is 9.47 Å². The number of ether oxygens (including phenoxy) is 2. The molecule has 0 atom stereocenters. The summed E-state index contributed by atoms with van der Waals surface area (Å²) in [5.74, 6) is 0. The molecule has 0 fully saturated rings. The van der Waals surface area contributed by atoms with Crippen LogP contribution >= 0.6 is 0 Å². The predicted molar refractivity (Wildman–Crippen MR) is 86.4 cm³/mol. The summed E-state index contributed by atoms with van der Waals surface area (Å²) >= 11 is 0. The topological polar surface area (TPSA) is 23.4 Å². The number of para-hydroxylation sites is 2. The first-order chi connectivity index (χ1) is 10.4. The summed E-state index contributed by atoms with van der Waals surface area (Å²) in [6.45, 7) is 6.15. The molecule has 108 valence electrons. The van der Waals surface area contributed by atoms with Crippen LogP contribution in [0.3, 0.4) is 0 Å². The molecule has 1 heterocycles. The molecular formula is C18H19NO2. The second-order valence-corrected chi connectivity index (χ2v) is 4.84. The maximum Gasteiger partial charge on any atom is 0.111 e. The molecule has 0 aliphatic carbocycles. The van der Waals surface area contributed by atoms with E-state index < -0.39 is 0 Å². The van der Waals surface area contributed by atoms with E-state index in [4.69, 9.17) is 9.47 Å². The maximum absolute atomic E-state index is 5.61. The zero-order chi connectivity index (χ0) is 14.5. The molecule has 0 radical (unpaired) electrons. The Morgan fingerprint density at radius 3 is 2.10 bits per heavy atom. The van der Waals surface area contributed by atoms with Crippen LogP contribution in [0.2, 0.25) is 0 Å². The van der Waals surface area contributed by atoms with E-state index in [1.807, 2.05) is 0 Å². The SMILES string of the molecule is C=COCCOCCn1c2ccccc2c2ccccc21. The fraction of sp³-hybridized carbons (Fsp3) is 0.222. The van der Waals surface area contributed by atoms with E-state index in [1.54, 1.807) is 0 Å². The van der Waals surface area contributed by atoms with Crippen LogP contribution in [0.15, 0.2) is 61.4 Å². The lowest BCUT2D eigenvalue weighted by Crippen LogP contribution is -2.08. The molecule has 0 aliphatic heterocycles. The van der Waals surface area contributed by atoms with Crippen molar-refractivity contribution in [3.63, 3.8) is 0 Å². The lowest BCUT2D eigenvalue weighted by molar-refractivity contribution is 0.0812. The number of rotatable bonds is 7. The van der Waals surface area contributed by atoms with Gasteiger partial charge in [0, 0.05) is 28.4 Å². The Balaban J connectivity index is 1.81. The molecule has 0 saturated carbocycles. The molecule has 2 aromatic carbocycles. The Bertz CT molecular complexity index is 692. The van der Waals surface area contributed by atoms with Gasteiger partial charge in [0.25, 0.3) is 0 Å². The summed E-state index contributed by atoms with van der Waals surface area (Å²) in [6, 6.07) is 17.0. The van der Waals surface area contributed by atoms with Crippen LogP contribution in [0, 0.1) is 0 Å². The van der Waals surface area contributed by atoms with Gasteiger partial charge in [0.1, 0.15) is 6.61 Å². The Kier molecular flexibility index (Phi) is 4.22. The van der Waals surface area contributed by atoms with Gasteiger partial charge in [-0.2, -0.15) is 0 Å². The third kappa shape index (κ3) is 2.78. The minimum absolute atomic E-state index is 0.552. The fourth-order valence-corrected chi connectivity index (χ4v) is 2.69. The first-order valence-corrected chi connectivity index (χ1v) is 7.18. The molecule has 0 N–H and O–H groups in total. The molecule has 0 bridgehead atoms. The highest BCUT2D eigenvalue weighted by Crippen LogP contribution is 2.28. The lowest BCUT2D eigenvalue weighted by Gasteiger charge is -2.08. The lowest BCUT2D eigenvalue weighted by atomic mass is 10.2. The second-order valence-electron chi connectivity index (χ2n) is 4.84. The summed E-state index contributed by atoms with van der Waals surface area (Å²) in [5.41, 5.74) is 2.51. The molecular weight excluding hydrogens is 262 g/mol. The molecule has 3 aromatic rings. The maximum atomic E-state index is 5.61. The quantitative estimate of drug-likeness (QED) is 0.483. The van der Waals surface area contributed by atoms with Crippen LogP contribution < -0.4 is 0 Å². The zero-order valence-corrected chi connectivity index (χ0v) is 12.0. The van der Waals surface area contributed by atoms with Gasteiger partial charge in [-0.05, 0) is 12.1 Å². The number of aromatic nitrogens is 1. The van der Waals surface area contributed by atoms with Crippen molar-refractivity contribution in [1.29, 1.82) is 0 Å². The fourth-order valence-electron chi connectivity index (χ4n) is 2.69. The van der Waals surface area contributed by atoms with Gasteiger partial charge in [-0.15, -0.1) is 0 Å². The average Bonchev–Trinajstić information content (AvgIpc) is 2.85. The van der Waals surface area contributed by atoms with Crippen molar-refractivity contribution >= 4 is 21.8 Å². The van der Waals surface area contributed by atoms with Crippen molar-refractivity contribution in [2.24, 2.45) is 0 Å². The van der Waals surface area contributed by atoms with Gasteiger partial charge >= 0.3 is 0 Å². The average molecular weight is 281 g/mol. The van der Waals surface area contributed by atoms with Crippen LogP contribution in [-0.2, 0) is 16.0 Å². The van der Waals surface area contributed by atoms with E-state index in [0.29, 0.717) is 19.8 Å². The van der Waals surface area contributed by atoms with Gasteiger partial charge in [0.15, 0.2) is 0 Å². The molecule has 0 spiro atoms. The van der Waals surface area contributed by atoms with E-state index in [9.17, 15) is 0 Å². The molecule has 0 aliphatic rings. The smallest absolute Gasteiger partial charge is 0.111 e. The third-order valence-corrected chi connectivity index (χ3v) is 3.60. The predicted octanol–water partition coefficient (Wildman–Crippen LogP) is 3.97. The molecule has 0 saturated heterocycles. The molecule has 21 heavy (non-hydrogen) atoms. The van der Waals surface area contributed by atoms with Gasteiger partial charge < -0.3 is 14.0 Å². The highest BCUT2D eigenvalue weighted by Gasteiger charge is 2.08. The normalized spacial score (nSPS) is 11.0. The monoisotopic (exact) mass is 281 g/mol. The number of benzene rings is 2. The summed E-state index contributed by atoms with van der Waals surface area (Å²) in [7, 11) is 0. The van der Waals surface area contributed by atoms with Crippen molar-refractivity contribution in [1.82, 2.24) is 4.57 Å². The summed E-state index contributed by atoms with van der Waals surface area (Å²) in [4.78, 5) is 0. The van der Waals surface area contributed by atoms with Gasteiger partial charge in [-0.1, -0.05) is 43.0 Å². The molecule has 0 unspecified atom stereocenters. The highest BCUT2D eigenvalue weighted by atomic mass is 16.5. The largest absolute Gasteiger partial charge is 0.499 e. The molecule has 3 rings (SSSR count). The van der Waals surface area contributed by atoms with E-state index >= 15 is 0 Å². The Hall–Kier alpha value is -2.26. The van der Waals surface area contributed by atoms with Crippen molar-refractivity contribution in [2.45, 2.75) is 6.54 Å². The number of hydrogen-bond donors (Lipinski definition) is 0. The minimum atomic E-state index is 0.552. The number of nitrogens with zero attached hydrogens (tertiary/aromatic N) is 1. The molecule has 3 heteroatoms. The van der Waals surface area contributed by atoms with Gasteiger partial charge in [0.05, 0.1) is 19.5 Å². The van der Waals surface area contributed by atoms with E-state index in [1.165, 1.54) is 28.1 Å². The van der Waals surface area contributed by atoms with Crippen LogP contribution in [0.4, 0.5) is 0 Å². The van der Waals surface area contributed by atoms with Crippen molar-refractivity contribution in [3.05, 3.63) is 61.4 Å². The van der Waals surface area contributed by atoms with E-state index in [-0.39, 0.29) is 0 Å². The summed E-state index contributed by atoms with van der Waals surface area (Å²) in [6.07, 6.45) is 1.44. The highest BCUT2D eigenvalue weighted by molar-refractivity contribution is 6.07. The Morgan fingerprint density at radius 2 is 1.48 bits per heavy atom. The van der Waals surface area contributed by atoms with Gasteiger partial charge in [-0.25, -0.2) is 0 Å². The summed E-state index contributed by atoms with van der Waals surface area (Å²) < 4.78 is 13.0. The first kappa shape index (κ1) is 13.7. The van der Waals surface area contributed by atoms with Crippen LogP contribution in [0.5, 0.6) is 0 Å². The van der Waals surface area contributed by atoms with Crippen molar-refractivity contribution in [3.8, 4) is 0 Å². The third-order valence-electron chi connectivity index (χ3n) is 3.60.